The van der Waals surface area contributed by atoms with Gasteiger partial charge >= 0.3 is 0 Å². The first-order valence-corrected chi connectivity index (χ1v) is 6.74. The summed E-state index contributed by atoms with van der Waals surface area (Å²) in [5.41, 5.74) is 3.77. The summed E-state index contributed by atoms with van der Waals surface area (Å²) in [4.78, 5) is 0. The Morgan fingerprint density at radius 1 is 1.37 bits per heavy atom. The van der Waals surface area contributed by atoms with Gasteiger partial charge in [0.15, 0.2) is 0 Å². The van der Waals surface area contributed by atoms with Crippen LogP contribution in [-0.4, -0.2) is 6.21 Å². The molecule has 1 aliphatic rings. The molecule has 98 valence electrons. The van der Waals surface area contributed by atoms with Crippen LogP contribution in [0.1, 0.15) is 30.8 Å². The predicted octanol–water partition coefficient (Wildman–Crippen LogP) is 4.50. The number of hydrazone groups is 1. The van der Waals surface area contributed by atoms with Gasteiger partial charge in [0, 0.05) is 10.9 Å². The van der Waals surface area contributed by atoms with Crippen LogP contribution in [0.15, 0.2) is 45.9 Å². The standard InChI is InChI=1S/C15H15ClN2O/c1-10-7-14(10)15-6-5-13(19-15)9-17-18-12-4-2-3-11(16)8-12/h2-6,8-10,14,18H,7H2,1H3/b17-9-/t10-,14+/m1/s1. The van der Waals surface area contributed by atoms with Gasteiger partial charge in [0.25, 0.3) is 0 Å². The van der Waals surface area contributed by atoms with E-state index in [-0.39, 0.29) is 0 Å². The quantitative estimate of drug-likeness (QED) is 0.658. The molecule has 0 saturated heterocycles. The zero-order chi connectivity index (χ0) is 13.2. The van der Waals surface area contributed by atoms with Gasteiger partial charge in [0.2, 0.25) is 0 Å². The van der Waals surface area contributed by atoms with E-state index in [9.17, 15) is 0 Å². The molecule has 1 aliphatic carbocycles. The smallest absolute Gasteiger partial charge is 0.147 e. The fourth-order valence-electron chi connectivity index (χ4n) is 2.08. The summed E-state index contributed by atoms with van der Waals surface area (Å²) in [5, 5.41) is 4.82. The summed E-state index contributed by atoms with van der Waals surface area (Å²) in [7, 11) is 0. The van der Waals surface area contributed by atoms with Crippen molar-refractivity contribution in [1.29, 1.82) is 0 Å². The summed E-state index contributed by atoms with van der Waals surface area (Å²) in [6, 6.07) is 11.4. The predicted molar refractivity (Wildman–Crippen MR) is 77.9 cm³/mol. The maximum absolute atomic E-state index is 5.89. The molecule has 1 heterocycles. The second kappa shape index (κ2) is 5.10. The number of benzene rings is 1. The molecule has 0 spiro atoms. The van der Waals surface area contributed by atoms with E-state index < -0.39 is 0 Å². The molecule has 4 heteroatoms. The maximum atomic E-state index is 5.89. The normalized spacial score (nSPS) is 21.8. The Kier molecular flexibility index (Phi) is 3.30. The summed E-state index contributed by atoms with van der Waals surface area (Å²) in [6.45, 7) is 2.24. The van der Waals surface area contributed by atoms with Gasteiger partial charge < -0.3 is 4.42 Å². The van der Waals surface area contributed by atoms with Gasteiger partial charge in [-0.05, 0) is 42.7 Å². The molecule has 1 N–H and O–H groups in total. The van der Waals surface area contributed by atoms with Gasteiger partial charge in [-0.2, -0.15) is 5.10 Å². The molecule has 0 radical (unpaired) electrons. The van der Waals surface area contributed by atoms with E-state index in [1.165, 1.54) is 6.42 Å². The third-order valence-electron chi connectivity index (χ3n) is 3.33. The molecule has 1 aromatic carbocycles. The van der Waals surface area contributed by atoms with Crippen molar-refractivity contribution in [3.05, 3.63) is 52.9 Å². The van der Waals surface area contributed by atoms with E-state index in [4.69, 9.17) is 16.0 Å². The van der Waals surface area contributed by atoms with Crippen molar-refractivity contribution in [2.45, 2.75) is 19.3 Å². The Balaban J connectivity index is 1.61. The van der Waals surface area contributed by atoms with Crippen molar-refractivity contribution in [3.63, 3.8) is 0 Å². The van der Waals surface area contributed by atoms with Crippen molar-refractivity contribution < 1.29 is 4.42 Å². The van der Waals surface area contributed by atoms with Crippen LogP contribution in [0.25, 0.3) is 0 Å². The highest BCUT2D eigenvalue weighted by Gasteiger charge is 2.36. The van der Waals surface area contributed by atoms with E-state index in [1.54, 1.807) is 6.21 Å². The van der Waals surface area contributed by atoms with Crippen molar-refractivity contribution in [2.75, 3.05) is 5.43 Å². The fraction of sp³-hybridized carbons (Fsp3) is 0.267. The number of furan rings is 1. The summed E-state index contributed by atoms with van der Waals surface area (Å²) in [6.07, 6.45) is 2.91. The number of anilines is 1. The van der Waals surface area contributed by atoms with Gasteiger partial charge in [-0.15, -0.1) is 0 Å². The molecule has 0 unspecified atom stereocenters. The Morgan fingerprint density at radius 3 is 2.95 bits per heavy atom. The number of hydrogen-bond donors (Lipinski definition) is 1. The minimum atomic E-state index is 0.600. The molecule has 2 aromatic rings. The van der Waals surface area contributed by atoms with Crippen LogP contribution in [0, 0.1) is 5.92 Å². The molecular formula is C15H15ClN2O. The summed E-state index contributed by atoms with van der Waals surface area (Å²) in [5.74, 6) is 3.18. The van der Waals surface area contributed by atoms with Gasteiger partial charge in [-0.1, -0.05) is 24.6 Å². The minimum absolute atomic E-state index is 0.600. The van der Waals surface area contributed by atoms with E-state index in [2.05, 4.69) is 17.5 Å². The average Bonchev–Trinajstić information content (AvgIpc) is 2.93. The van der Waals surface area contributed by atoms with Crippen LogP contribution in [-0.2, 0) is 0 Å². The van der Waals surface area contributed by atoms with Gasteiger partial charge in [-0.3, -0.25) is 5.43 Å². The second-order valence-electron chi connectivity index (χ2n) is 4.94. The van der Waals surface area contributed by atoms with Crippen LogP contribution < -0.4 is 5.43 Å². The molecule has 0 amide bonds. The van der Waals surface area contributed by atoms with E-state index in [0.717, 1.165) is 23.1 Å². The SMILES string of the molecule is C[C@@H]1C[C@@H]1c1ccc(/C=N\Nc2cccc(Cl)c2)o1. The lowest BCUT2D eigenvalue weighted by atomic mass is 10.3. The monoisotopic (exact) mass is 274 g/mol. The zero-order valence-corrected chi connectivity index (χ0v) is 11.4. The van der Waals surface area contributed by atoms with Crippen LogP contribution in [0.3, 0.4) is 0 Å². The van der Waals surface area contributed by atoms with Crippen molar-refractivity contribution >= 4 is 23.5 Å². The highest BCUT2D eigenvalue weighted by Crippen LogP contribution is 2.47. The first-order chi connectivity index (χ1) is 9.22. The molecule has 3 nitrogen and oxygen atoms in total. The minimum Gasteiger partial charge on any atom is -0.460 e. The van der Waals surface area contributed by atoms with Crippen molar-refractivity contribution in [1.82, 2.24) is 0 Å². The molecule has 3 rings (SSSR count). The Bertz CT molecular complexity index is 606. The Hall–Kier alpha value is -1.74. The summed E-state index contributed by atoms with van der Waals surface area (Å²) >= 11 is 5.89. The molecule has 1 fully saturated rings. The van der Waals surface area contributed by atoms with Gasteiger partial charge in [0.05, 0.1) is 11.9 Å². The maximum Gasteiger partial charge on any atom is 0.147 e. The third kappa shape index (κ3) is 2.99. The third-order valence-corrected chi connectivity index (χ3v) is 3.57. The number of halogens is 1. The van der Waals surface area contributed by atoms with E-state index in [1.807, 2.05) is 36.4 Å². The number of nitrogens with one attached hydrogen (secondary N) is 1. The lowest BCUT2D eigenvalue weighted by molar-refractivity contribution is 0.500. The van der Waals surface area contributed by atoms with Crippen molar-refractivity contribution in [3.8, 4) is 0 Å². The first-order valence-electron chi connectivity index (χ1n) is 6.37. The first kappa shape index (κ1) is 12.3. The van der Waals surface area contributed by atoms with Gasteiger partial charge in [-0.25, -0.2) is 0 Å². The lowest BCUT2D eigenvalue weighted by Crippen LogP contribution is -1.89. The largest absolute Gasteiger partial charge is 0.460 e. The Morgan fingerprint density at radius 2 is 2.21 bits per heavy atom. The van der Waals surface area contributed by atoms with Crippen LogP contribution in [0.4, 0.5) is 5.69 Å². The molecular weight excluding hydrogens is 260 g/mol. The number of rotatable bonds is 4. The zero-order valence-electron chi connectivity index (χ0n) is 10.6. The Labute approximate surface area is 117 Å². The van der Waals surface area contributed by atoms with Gasteiger partial charge in [0.1, 0.15) is 11.5 Å². The summed E-state index contributed by atoms with van der Waals surface area (Å²) < 4.78 is 5.72. The number of nitrogens with zero attached hydrogens (tertiary/aromatic N) is 1. The second-order valence-corrected chi connectivity index (χ2v) is 5.38. The average molecular weight is 275 g/mol. The molecule has 1 saturated carbocycles. The molecule has 0 aliphatic heterocycles. The highest BCUT2D eigenvalue weighted by molar-refractivity contribution is 6.30. The van der Waals surface area contributed by atoms with E-state index >= 15 is 0 Å². The number of hydrogen-bond acceptors (Lipinski definition) is 3. The highest BCUT2D eigenvalue weighted by atomic mass is 35.5. The molecule has 19 heavy (non-hydrogen) atoms. The topological polar surface area (TPSA) is 37.5 Å². The lowest BCUT2D eigenvalue weighted by Gasteiger charge is -1.99. The fourth-order valence-corrected chi connectivity index (χ4v) is 2.27. The van der Waals surface area contributed by atoms with E-state index in [0.29, 0.717) is 10.9 Å². The van der Waals surface area contributed by atoms with Crippen molar-refractivity contribution in [2.24, 2.45) is 11.0 Å². The van der Waals surface area contributed by atoms with Crippen LogP contribution >= 0.6 is 11.6 Å². The molecule has 2 atom stereocenters. The van der Waals surface area contributed by atoms with Crippen LogP contribution in [0.2, 0.25) is 5.02 Å². The van der Waals surface area contributed by atoms with Crippen LogP contribution in [0.5, 0.6) is 0 Å². The molecule has 0 bridgehead atoms. The molecule has 1 aromatic heterocycles.